The van der Waals surface area contributed by atoms with Crippen molar-refractivity contribution in [2.75, 3.05) is 13.2 Å². The van der Waals surface area contributed by atoms with E-state index in [9.17, 15) is 9.59 Å². The van der Waals surface area contributed by atoms with Crippen LogP contribution in [0.4, 0.5) is 0 Å². The number of hydrogen-bond donors (Lipinski definition) is 1. The molecule has 7 nitrogen and oxygen atoms in total. The highest BCUT2D eigenvalue weighted by molar-refractivity contribution is 7.18. The van der Waals surface area contributed by atoms with Crippen molar-refractivity contribution in [3.05, 3.63) is 87.3 Å². The molecule has 0 bridgehead atoms. The number of hydrogen-bond acceptors (Lipinski definition) is 6. The first-order valence-electron chi connectivity index (χ1n) is 10.7. The summed E-state index contributed by atoms with van der Waals surface area (Å²) in [5.74, 6) is 0.278. The van der Waals surface area contributed by atoms with Gasteiger partial charge in [-0.15, -0.1) is 11.3 Å². The smallest absolute Gasteiger partial charge is 0.266 e. The molecule has 0 unspecified atom stereocenters. The van der Waals surface area contributed by atoms with E-state index in [1.807, 2.05) is 44.2 Å². The number of halogens is 1. The second-order valence-corrected chi connectivity index (χ2v) is 9.04. The number of aromatic nitrogens is 3. The van der Waals surface area contributed by atoms with Crippen molar-refractivity contribution < 1.29 is 9.53 Å². The zero-order valence-corrected chi connectivity index (χ0v) is 20.3. The molecule has 0 saturated carbocycles. The number of ether oxygens (including phenoxy) is 1. The van der Waals surface area contributed by atoms with E-state index in [1.165, 1.54) is 22.1 Å². The number of thiazole rings is 1. The lowest BCUT2D eigenvalue weighted by Crippen LogP contribution is -2.34. The lowest BCUT2D eigenvalue weighted by molar-refractivity contribution is -0.123. The van der Waals surface area contributed by atoms with E-state index in [2.05, 4.69) is 15.4 Å². The van der Waals surface area contributed by atoms with Gasteiger partial charge in [0.2, 0.25) is 0 Å². The van der Waals surface area contributed by atoms with Crippen LogP contribution in [-0.2, 0) is 11.3 Å². The highest BCUT2D eigenvalue weighted by Crippen LogP contribution is 2.33. The van der Waals surface area contributed by atoms with Gasteiger partial charge in [0.15, 0.2) is 6.61 Å². The monoisotopic (exact) mass is 494 g/mol. The van der Waals surface area contributed by atoms with Crippen LogP contribution >= 0.6 is 22.9 Å². The number of rotatable bonds is 8. The third kappa shape index (κ3) is 5.70. The molecule has 1 amide bonds. The van der Waals surface area contributed by atoms with Crippen molar-refractivity contribution in [2.45, 2.75) is 20.4 Å². The maximum Gasteiger partial charge on any atom is 0.266 e. The molecule has 0 radical (unpaired) electrons. The molecule has 174 valence electrons. The summed E-state index contributed by atoms with van der Waals surface area (Å²) in [5.41, 5.74) is 3.19. The van der Waals surface area contributed by atoms with Crippen LogP contribution in [0.15, 0.2) is 65.5 Å². The van der Waals surface area contributed by atoms with E-state index >= 15 is 0 Å². The van der Waals surface area contributed by atoms with Crippen molar-refractivity contribution in [3.8, 4) is 26.9 Å². The Bertz CT molecular complexity index is 1370. The second-order valence-electron chi connectivity index (χ2n) is 7.63. The first-order valence-corrected chi connectivity index (χ1v) is 11.9. The minimum atomic E-state index is -0.289. The molecule has 9 heteroatoms. The van der Waals surface area contributed by atoms with E-state index < -0.39 is 0 Å². The SMILES string of the molecule is Cc1cc(OCC(=O)NCCn2nc(-c3sc(-c4ccccc4)nc3C)ccc2=O)ccc1Cl. The zero-order valence-electron chi connectivity index (χ0n) is 18.7. The Morgan fingerprint density at radius 1 is 1.12 bits per heavy atom. The zero-order chi connectivity index (χ0) is 24.1. The molecule has 0 spiro atoms. The molecule has 4 rings (SSSR count). The van der Waals surface area contributed by atoms with E-state index in [0.29, 0.717) is 16.5 Å². The van der Waals surface area contributed by atoms with Gasteiger partial charge in [0.05, 0.1) is 17.1 Å². The lowest BCUT2D eigenvalue weighted by Gasteiger charge is -2.10. The van der Waals surface area contributed by atoms with Gasteiger partial charge in [0.1, 0.15) is 16.5 Å². The molecule has 2 aromatic heterocycles. The third-order valence-electron chi connectivity index (χ3n) is 5.06. The van der Waals surface area contributed by atoms with Gasteiger partial charge in [0, 0.05) is 23.2 Å². The second kappa shape index (κ2) is 10.6. The fourth-order valence-electron chi connectivity index (χ4n) is 3.28. The standard InChI is InChI=1S/C25H23ClN4O3S/c1-16-14-19(8-9-20(16)26)33-15-22(31)27-12-13-30-23(32)11-10-21(29-30)24-17(2)28-25(34-24)18-6-4-3-5-7-18/h3-11,14H,12-13,15H2,1-2H3,(H,27,31). The average Bonchev–Trinajstić information content (AvgIpc) is 3.23. The predicted octanol–water partition coefficient (Wildman–Crippen LogP) is 4.50. The van der Waals surface area contributed by atoms with E-state index in [1.54, 1.807) is 24.3 Å². The molecular formula is C25H23ClN4O3S. The van der Waals surface area contributed by atoms with E-state index in [0.717, 1.165) is 26.7 Å². The van der Waals surface area contributed by atoms with Gasteiger partial charge < -0.3 is 10.1 Å². The van der Waals surface area contributed by atoms with Gasteiger partial charge in [-0.25, -0.2) is 9.67 Å². The van der Waals surface area contributed by atoms with Crippen LogP contribution in [0, 0.1) is 13.8 Å². The Balaban J connectivity index is 1.37. The molecule has 0 aliphatic heterocycles. The van der Waals surface area contributed by atoms with Gasteiger partial charge in [-0.2, -0.15) is 5.10 Å². The van der Waals surface area contributed by atoms with Crippen LogP contribution in [0.3, 0.4) is 0 Å². The van der Waals surface area contributed by atoms with Crippen molar-refractivity contribution in [1.82, 2.24) is 20.1 Å². The van der Waals surface area contributed by atoms with Gasteiger partial charge >= 0.3 is 0 Å². The van der Waals surface area contributed by atoms with Gasteiger partial charge in [0.25, 0.3) is 11.5 Å². The molecule has 1 N–H and O–H groups in total. The molecule has 0 fully saturated rings. The average molecular weight is 495 g/mol. The first-order chi connectivity index (χ1) is 16.4. The summed E-state index contributed by atoms with van der Waals surface area (Å²) >= 11 is 7.53. The fraction of sp³-hybridized carbons (Fsp3) is 0.200. The number of benzene rings is 2. The van der Waals surface area contributed by atoms with Crippen LogP contribution in [0.2, 0.25) is 5.02 Å². The number of carbonyl (C=O) groups is 1. The molecule has 0 aliphatic rings. The van der Waals surface area contributed by atoms with Gasteiger partial charge in [-0.05, 0) is 43.7 Å². The number of nitrogens with zero attached hydrogens (tertiary/aromatic N) is 3. The quantitative estimate of drug-likeness (QED) is 0.390. The third-order valence-corrected chi connectivity index (χ3v) is 6.71. The Morgan fingerprint density at radius 3 is 2.68 bits per heavy atom. The Kier molecular flexibility index (Phi) is 7.40. The maximum atomic E-state index is 12.3. The van der Waals surface area contributed by atoms with Crippen molar-refractivity contribution in [3.63, 3.8) is 0 Å². The van der Waals surface area contributed by atoms with Gasteiger partial charge in [-0.1, -0.05) is 41.9 Å². The number of amides is 1. The van der Waals surface area contributed by atoms with Gasteiger partial charge in [-0.3, -0.25) is 9.59 Å². The van der Waals surface area contributed by atoms with Crippen LogP contribution in [0.25, 0.3) is 21.1 Å². The summed E-state index contributed by atoms with van der Waals surface area (Å²) < 4.78 is 6.85. The summed E-state index contributed by atoms with van der Waals surface area (Å²) in [6.45, 7) is 4.14. The number of aryl methyl sites for hydroxylation is 2. The van der Waals surface area contributed by atoms with E-state index in [4.69, 9.17) is 16.3 Å². The molecule has 0 atom stereocenters. The summed E-state index contributed by atoms with van der Waals surface area (Å²) in [4.78, 5) is 30.0. The summed E-state index contributed by atoms with van der Waals surface area (Å²) in [5, 5.41) is 8.79. The normalized spacial score (nSPS) is 10.8. The molecule has 4 aromatic rings. The molecular weight excluding hydrogens is 472 g/mol. The first kappa shape index (κ1) is 23.7. The van der Waals surface area contributed by atoms with Crippen LogP contribution in [0.5, 0.6) is 5.75 Å². The number of carbonyl (C=O) groups excluding carboxylic acids is 1. The molecule has 2 heterocycles. The summed E-state index contributed by atoms with van der Waals surface area (Å²) in [6.07, 6.45) is 0. The largest absolute Gasteiger partial charge is 0.484 e. The molecule has 0 aliphatic carbocycles. The maximum absolute atomic E-state index is 12.3. The minimum Gasteiger partial charge on any atom is -0.484 e. The molecule has 2 aromatic carbocycles. The highest BCUT2D eigenvalue weighted by atomic mass is 35.5. The van der Waals surface area contributed by atoms with Crippen molar-refractivity contribution in [2.24, 2.45) is 0 Å². The summed E-state index contributed by atoms with van der Waals surface area (Å²) in [7, 11) is 0. The highest BCUT2D eigenvalue weighted by Gasteiger charge is 2.14. The van der Waals surface area contributed by atoms with Crippen LogP contribution < -0.4 is 15.6 Å². The van der Waals surface area contributed by atoms with Crippen molar-refractivity contribution in [1.29, 1.82) is 0 Å². The van der Waals surface area contributed by atoms with Crippen LogP contribution in [-0.4, -0.2) is 33.8 Å². The van der Waals surface area contributed by atoms with Crippen molar-refractivity contribution >= 4 is 28.8 Å². The molecule has 34 heavy (non-hydrogen) atoms. The Hall–Kier alpha value is -3.49. The fourth-order valence-corrected chi connectivity index (χ4v) is 4.43. The number of nitrogens with one attached hydrogen (secondary N) is 1. The predicted molar refractivity (Wildman–Crippen MR) is 134 cm³/mol. The summed E-state index contributed by atoms with van der Waals surface area (Å²) in [6, 6.07) is 18.3. The lowest BCUT2D eigenvalue weighted by atomic mass is 10.2. The molecule has 0 saturated heterocycles. The minimum absolute atomic E-state index is 0.133. The van der Waals surface area contributed by atoms with Crippen LogP contribution in [0.1, 0.15) is 11.3 Å². The topological polar surface area (TPSA) is 86.1 Å². The Morgan fingerprint density at radius 2 is 1.91 bits per heavy atom. The Labute approximate surface area is 206 Å². The van der Waals surface area contributed by atoms with E-state index in [-0.39, 0.29) is 31.2 Å².